The van der Waals surface area contributed by atoms with Crippen LogP contribution in [0, 0.1) is 13.8 Å². The average molecular weight is 408 g/mol. The summed E-state index contributed by atoms with van der Waals surface area (Å²) in [7, 11) is 1.67. The van der Waals surface area contributed by atoms with Gasteiger partial charge in [0, 0.05) is 25.5 Å². The van der Waals surface area contributed by atoms with Gasteiger partial charge in [-0.2, -0.15) is 0 Å². The lowest BCUT2D eigenvalue weighted by atomic mass is 9.99. The van der Waals surface area contributed by atoms with E-state index in [1.807, 2.05) is 23.2 Å². The van der Waals surface area contributed by atoms with E-state index in [2.05, 4.69) is 47.7 Å². The summed E-state index contributed by atoms with van der Waals surface area (Å²) in [6.07, 6.45) is 4.63. The fraction of sp³-hybridized carbons (Fsp3) is 0.304. The van der Waals surface area contributed by atoms with Crippen molar-refractivity contribution in [2.45, 2.75) is 32.0 Å². The smallest absolute Gasteiger partial charge is 0.233 e. The number of carbonyl (C=O) groups excluding carboxylic acids is 1. The zero-order valence-electron chi connectivity index (χ0n) is 17.0. The maximum absolute atomic E-state index is 12.9. The average Bonchev–Trinajstić information content (AvgIpc) is 3.21. The molecule has 2 aromatic carbocycles. The second kappa shape index (κ2) is 8.33. The van der Waals surface area contributed by atoms with E-state index >= 15 is 0 Å². The highest BCUT2D eigenvalue weighted by Gasteiger charge is 2.22. The quantitative estimate of drug-likeness (QED) is 0.596. The van der Waals surface area contributed by atoms with E-state index in [0.717, 1.165) is 29.6 Å². The van der Waals surface area contributed by atoms with Crippen LogP contribution < -0.4 is 4.74 Å². The molecule has 5 nitrogen and oxygen atoms in total. The Bertz CT molecular complexity index is 1040. The van der Waals surface area contributed by atoms with E-state index in [1.165, 1.54) is 34.0 Å². The van der Waals surface area contributed by atoms with Crippen LogP contribution >= 0.6 is 11.8 Å². The second-order valence-corrected chi connectivity index (χ2v) is 8.30. The van der Waals surface area contributed by atoms with Crippen LogP contribution in [-0.2, 0) is 17.8 Å². The molecular formula is C23H25N3O2S. The van der Waals surface area contributed by atoms with Gasteiger partial charge < -0.3 is 9.64 Å². The number of rotatable bonds is 5. The Labute approximate surface area is 175 Å². The first-order valence-electron chi connectivity index (χ1n) is 9.72. The number of methoxy groups -OCH3 is 1. The zero-order valence-corrected chi connectivity index (χ0v) is 17.8. The Kier molecular flexibility index (Phi) is 5.62. The number of aromatic nitrogens is 2. The summed E-state index contributed by atoms with van der Waals surface area (Å²) in [5.41, 5.74) is 5.97. The van der Waals surface area contributed by atoms with Gasteiger partial charge in [0.25, 0.3) is 0 Å². The van der Waals surface area contributed by atoms with Gasteiger partial charge in [0.05, 0.1) is 18.6 Å². The van der Waals surface area contributed by atoms with E-state index in [0.29, 0.717) is 12.3 Å². The molecular weight excluding hydrogens is 382 g/mol. The third-order valence-electron chi connectivity index (χ3n) is 5.33. The molecule has 1 aliphatic rings. The molecule has 0 unspecified atom stereocenters. The van der Waals surface area contributed by atoms with Crippen LogP contribution in [-0.4, -0.2) is 39.8 Å². The molecule has 0 spiro atoms. The standard InChI is InChI=1S/C23H25N3O2S/c1-16-4-5-17(2)21(12-16)26-11-9-24-23(26)29-15-22(27)25-10-8-18-6-7-20(28-3)13-19(18)14-25/h4-7,9,11-13H,8,10,14-15H2,1-3H3. The highest BCUT2D eigenvalue weighted by atomic mass is 32.2. The van der Waals surface area contributed by atoms with Gasteiger partial charge in [-0.25, -0.2) is 4.98 Å². The van der Waals surface area contributed by atoms with Crippen molar-refractivity contribution < 1.29 is 9.53 Å². The fourth-order valence-electron chi connectivity index (χ4n) is 3.65. The van der Waals surface area contributed by atoms with Gasteiger partial charge in [-0.15, -0.1) is 0 Å². The molecule has 2 heterocycles. The molecule has 0 bridgehead atoms. The molecule has 1 aromatic heterocycles. The number of hydrogen-bond donors (Lipinski definition) is 0. The largest absolute Gasteiger partial charge is 0.497 e. The normalized spacial score (nSPS) is 13.3. The Hall–Kier alpha value is -2.73. The van der Waals surface area contributed by atoms with Crippen molar-refractivity contribution in [1.29, 1.82) is 0 Å². The number of aryl methyl sites for hydroxylation is 2. The molecule has 6 heteroatoms. The van der Waals surface area contributed by atoms with Crippen LogP contribution in [0.25, 0.3) is 5.69 Å². The fourth-order valence-corrected chi connectivity index (χ4v) is 4.52. The Morgan fingerprint density at radius 2 is 2.03 bits per heavy atom. The third kappa shape index (κ3) is 4.17. The molecule has 0 aliphatic carbocycles. The first kappa shape index (κ1) is 19.6. The SMILES string of the molecule is COc1ccc2c(c1)CN(C(=O)CSc1nccn1-c1cc(C)ccc1C)CC2. The molecule has 0 fully saturated rings. The second-order valence-electron chi connectivity index (χ2n) is 7.36. The van der Waals surface area contributed by atoms with Crippen LogP contribution in [0.1, 0.15) is 22.3 Å². The predicted molar refractivity (Wildman–Crippen MR) is 116 cm³/mol. The lowest BCUT2D eigenvalue weighted by molar-refractivity contribution is -0.129. The number of nitrogens with zero attached hydrogens (tertiary/aromatic N) is 3. The van der Waals surface area contributed by atoms with Crippen molar-refractivity contribution in [3.8, 4) is 11.4 Å². The van der Waals surface area contributed by atoms with Gasteiger partial charge in [0.15, 0.2) is 5.16 Å². The van der Waals surface area contributed by atoms with Gasteiger partial charge in [-0.05, 0) is 60.7 Å². The minimum absolute atomic E-state index is 0.138. The number of ether oxygens (including phenoxy) is 1. The molecule has 0 N–H and O–H groups in total. The maximum Gasteiger partial charge on any atom is 0.233 e. The van der Waals surface area contributed by atoms with Gasteiger partial charge in [0.1, 0.15) is 5.75 Å². The summed E-state index contributed by atoms with van der Waals surface area (Å²) in [6.45, 7) is 5.56. The van der Waals surface area contributed by atoms with Crippen molar-refractivity contribution in [3.05, 3.63) is 71.0 Å². The number of thioether (sulfide) groups is 1. The van der Waals surface area contributed by atoms with Crippen molar-refractivity contribution in [2.75, 3.05) is 19.4 Å². The van der Waals surface area contributed by atoms with Gasteiger partial charge >= 0.3 is 0 Å². The Morgan fingerprint density at radius 3 is 2.86 bits per heavy atom. The van der Waals surface area contributed by atoms with Crippen LogP contribution in [0.5, 0.6) is 5.75 Å². The Balaban J connectivity index is 1.45. The molecule has 29 heavy (non-hydrogen) atoms. The molecule has 0 saturated carbocycles. The number of imidazole rings is 1. The lowest BCUT2D eigenvalue weighted by Crippen LogP contribution is -2.37. The van der Waals surface area contributed by atoms with Gasteiger partial charge in [-0.3, -0.25) is 9.36 Å². The Morgan fingerprint density at radius 1 is 1.17 bits per heavy atom. The molecule has 1 aliphatic heterocycles. The van der Waals surface area contributed by atoms with Crippen molar-refractivity contribution >= 4 is 17.7 Å². The highest BCUT2D eigenvalue weighted by molar-refractivity contribution is 7.99. The summed E-state index contributed by atoms with van der Waals surface area (Å²) in [5.74, 6) is 1.35. The van der Waals surface area contributed by atoms with Crippen molar-refractivity contribution in [2.24, 2.45) is 0 Å². The first-order chi connectivity index (χ1) is 14.0. The summed E-state index contributed by atoms with van der Waals surface area (Å²) < 4.78 is 7.39. The number of hydrogen-bond acceptors (Lipinski definition) is 4. The lowest BCUT2D eigenvalue weighted by Gasteiger charge is -2.29. The van der Waals surface area contributed by atoms with Crippen LogP contribution in [0.4, 0.5) is 0 Å². The number of amides is 1. The van der Waals surface area contributed by atoms with E-state index in [1.54, 1.807) is 13.3 Å². The monoisotopic (exact) mass is 407 g/mol. The van der Waals surface area contributed by atoms with Crippen molar-refractivity contribution in [3.63, 3.8) is 0 Å². The summed E-state index contributed by atoms with van der Waals surface area (Å²) in [4.78, 5) is 19.3. The number of benzene rings is 2. The summed E-state index contributed by atoms with van der Waals surface area (Å²) in [6, 6.07) is 12.5. The molecule has 0 atom stereocenters. The van der Waals surface area contributed by atoms with Crippen LogP contribution in [0.3, 0.4) is 0 Å². The molecule has 3 aromatic rings. The molecule has 0 saturated heterocycles. The van der Waals surface area contributed by atoms with E-state index in [-0.39, 0.29) is 5.91 Å². The van der Waals surface area contributed by atoms with Crippen LogP contribution in [0.15, 0.2) is 53.9 Å². The molecule has 0 radical (unpaired) electrons. The van der Waals surface area contributed by atoms with E-state index in [9.17, 15) is 4.79 Å². The zero-order chi connectivity index (χ0) is 20.4. The minimum Gasteiger partial charge on any atom is -0.497 e. The highest BCUT2D eigenvalue weighted by Crippen LogP contribution is 2.26. The van der Waals surface area contributed by atoms with E-state index in [4.69, 9.17) is 4.74 Å². The maximum atomic E-state index is 12.9. The molecule has 4 rings (SSSR count). The first-order valence-corrected chi connectivity index (χ1v) is 10.7. The predicted octanol–water partition coefficient (Wildman–Crippen LogP) is 4.17. The van der Waals surface area contributed by atoms with Gasteiger partial charge in [-0.1, -0.05) is 30.0 Å². The summed E-state index contributed by atoms with van der Waals surface area (Å²) in [5, 5.41) is 0.839. The molecule has 150 valence electrons. The third-order valence-corrected chi connectivity index (χ3v) is 6.29. The summed E-state index contributed by atoms with van der Waals surface area (Å²) >= 11 is 1.49. The van der Waals surface area contributed by atoms with E-state index < -0.39 is 0 Å². The van der Waals surface area contributed by atoms with Gasteiger partial charge in [0.2, 0.25) is 5.91 Å². The number of carbonyl (C=O) groups is 1. The number of fused-ring (bicyclic) bond motifs is 1. The minimum atomic E-state index is 0.138. The topological polar surface area (TPSA) is 47.4 Å². The van der Waals surface area contributed by atoms with Crippen molar-refractivity contribution in [1.82, 2.24) is 14.5 Å². The van der Waals surface area contributed by atoms with Crippen LogP contribution in [0.2, 0.25) is 0 Å². The molecule has 1 amide bonds.